The van der Waals surface area contributed by atoms with Gasteiger partial charge in [-0.05, 0) is 63.6 Å². The molecule has 112 valence electrons. The van der Waals surface area contributed by atoms with Gasteiger partial charge in [-0.2, -0.15) is 0 Å². The second-order valence-corrected chi connectivity index (χ2v) is 7.07. The Hall–Kier alpha value is -0.0800. The third kappa shape index (κ3) is 4.19. The zero-order valence-corrected chi connectivity index (χ0v) is 13.3. The molecule has 0 saturated heterocycles. The van der Waals surface area contributed by atoms with Crippen molar-refractivity contribution in [2.75, 3.05) is 19.6 Å². The number of rotatable bonds is 8. The molecule has 0 aliphatic heterocycles. The maximum Gasteiger partial charge on any atom is 0.0139 e. The number of nitrogens with zero attached hydrogens (tertiary/aromatic N) is 1. The monoisotopic (exact) mass is 266 g/mol. The molecule has 1 N–H and O–H groups in total. The van der Waals surface area contributed by atoms with Crippen LogP contribution in [-0.2, 0) is 0 Å². The van der Waals surface area contributed by atoms with Gasteiger partial charge < -0.3 is 5.32 Å². The third-order valence-electron chi connectivity index (χ3n) is 5.22. The molecule has 0 aromatic rings. The van der Waals surface area contributed by atoms with Gasteiger partial charge in [0.15, 0.2) is 0 Å². The molecular formula is C17H34N2. The maximum absolute atomic E-state index is 3.56. The normalized spacial score (nSPS) is 28.3. The SMILES string of the molecule is CCNCC1CCC1N(CCC(C)C)C1CCCC1. The minimum Gasteiger partial charge on any atom is -0.317 e. The van der Waals surface area contributed by atoms with E-state index in [0.29, 0.717) is 0 Å². The minimum atomic E-state index is 0.844. The maximum atomic E-state index is 3.56. The lowest BCUT2D eigenvalue weighted by molar-refractivity contribution is 0.0255. The van der Waals surface area contributed by atoms with E-state index in [1.165, 1.54) is 58.0 Å². The highest BCUT2D eigenvalue weighted by molar-refractivity contribution is 4.93. The first-order valence-corrected chi connectivity index (χ1v) is 8.68. The average molecular weight is 266 g/mol. The Morgan fingerprint density at radius 1 is 1.11 bits per heavy atom. The second kappa shape index (κ2) is 7.64. The first-order valence-electron chi connectivity index (χ1n) is 8.68. The van der Waals surface area contributed by atoms with E-state index in [0.717, 1.165) is 30.5 Å². The van der Waals surface area contributed by atoms with Crippen LogP contribution in [-0.4, -0.2) is 36.6 Å². The summed E-state index contributed by atoms with van der Waals surface area (Å²) < 4.78 is 0. The quantitative estimate of drug-likeness (QED) is 0.721. The van der Waals surface area contributed by atoms with E-state index < -0.39 is 0 Å². The lowest BCUT2D eigenvalue weighted by Crippen LogP contribution is -2.54. The van der Waals surface area contributed by atoms with Crippen molar-refractivity contribution in [2.24, 2.45) is 11.8 Å². The zero-order chi connectivity index (χ0) is 13.7. The van der Waals surface area contributed by atoms with Crippen LogP contribution >= 0.6 is 0 Å². The van der Waals surface area contributed by atoms with Crippen molar-refractivity contribution in [3.8, 4) is 0 Å². The fourth-order valence-corrected chi connectivity index (χ4v) is 3.82. The Morgan fingerprint density at radius 2 is 1.84 bits per heavy atom. The summed E-state index contributed by atoms with van der Waals surface area (Å²) in [6.07, 6.45) is 10.1. The molecule has 2 nitrogen and oxygen atoms in total. The van der Waals surface area contributed by atoms with E-state index in [4.69, 9.17) is 0 Å². The Morgan fingerprint density at radius 3 is 2.37 bits per heavy atom. The van der Waals surface area contributed by atoms with Crippen LogP contribution in [0, 0.1) is 11.8 Å². The van der Waals surface area contributed by atoms with Gasteiger partial charge in [0.2, 0.25) is 0 Å². The zero-order valence-electron chi connectivity index (χ0n) is 13.3. The lowest BCUT2D eigenvalue weighted by Gasteiger charge is -2.47. The molecule has 2 heteroatoms. The number of hydrogen-bond donors (Lipinski definition) is 1. The van der Waals surface area contributed by atoms with E-state index in [2.05, 4.69) is 31.0 Å². The highest BCUT2D eigenvalue weighted by Crippen LogP contribution is 2.36. The van der Waals surface area contributed by atoms with Crippen LogP contribution in [0.1, 0.15) is 65.7 Å². The van der Waals surface area contributed by atoms with Gasteiger partial charge in [0.05, 0.1) is 0 Å². The average Bonchev–Trinajstić information content (AvgIpc) is 2.86. The highest BCUT2D eigenvalue weighted by atomic mass is 15.2. The van der Waals surface area contributed by atoms with Crippen molar-refractivity contribution >= 4 is 0 Å². The van der Waals surface area contributed by atoms with E-state index in [1.807, 2.05) is 0 Å². The Labute approximate surface area is 120 Å². The summed E-state index contributed by atoms with van der Waals surface area (Å²) in [5, 5.41) is 3.56. The van der Waals surface area contributed by atoms with Gasteiger partial charge >= 0.3 is 0 Å². The largest absolute Gasteiger partial charge is 0.317 e. The van der Waals surface area contributed by atoms with Crippen LogP contribution in [0.4, 0.5) is 0 Å². The fourth-order valence-electron chi connectivity index (χ4n) is 3.82. The first kappa shape index (κ1) is 15.3. The van der Waals surface area contributed by atoms with Crippen LogP contribution in [0.3, 0.4) is 0 Å². The summed E-state index contributed by atoms with van der Waals surface area (Å²) in [5.41, 5.74) is 0. The van der Waals surface area contributed by atoms with E-state index >= 15 is 0 Å². The molecule has 2 aliphatic carbocycles. The van der Waals surface area contributed by atoms with E-state index in [9.17, 15) is 0 Å². The van der Waals surface area contributed by atoms with Gasteiger partial charge in [0.25, 0.3) is 0 Å². The summed E-state index contributed by atoms with van der Waals surface area (Å²) in [4.78, 5) is 2.92. The van der Waals surface area contributed by atoms with Crippen LogP contribution in [0.5, 0.6) is 0 Å². The van der Waals surface area contributed by atoms with Crippen LogP contribution in [0.25, 0.3) is 0 Å². The van der Waals surface area contributed by atoms with Crippen molar-refractivity contribution in [2.45, 2.75) is 77.8 Å². The van der Waals surface area contributed by atoms with Crippen molar-refractivity contribution < 1.29 is 0 Å². The molecule has 0 heterocycles. The molecule has 19 heavy (non-hydrogen) atoms. The van der Waals surface area contributed by atoms with Crippen molar-refractivity contribution in [1.29, 1.82) is 0 Å². The smallest absolute Gasteiger partial charge is 0.0139 e. The van der Waals surface area contributed by atoms with Crippen LogP contribution in [0.2, 0.25) is 0 Å². The summed E-state index contributed by atoms with van der Waals surface area (Å²) in [7, 11) is 0. The van der Waals surface area contributed by atoms with Gasteiger partial charge in [0.1, 0.15) is 0 Å². The summed E-state index contributed by atoms with van der Waals surface area (Å²) in [6, 6.07) is 1.80. The number of hydrogen-bond acceptors (Lipinski definition) is 2. The fraction of sp³-hybridized carbons (Fsp3) is 1.00. The Kier molecular flexibility index (Phi) is 6.15. The van der Waals surface area contributed by atoms with Gasteiger partial charge in [-0.3, -0.25) is 4.90 Å². The van der Waals surface area contributed by atoms with E-state index in [1.54, 1.807) is 0 Å². The standard InChI is InChI=1S/C17H34N2/c1-4-18-13-15-9-10-17(15)19(12-11-14(2)3)16-7-5-6-8-16/h14-18H,4-13H2,1-3H3. The predicted molar refractivity (Wildman–Crippen MR) is 83.5 cm³/mol. The molecule has 0 aromatic heterocycles. The Balaban J connectivity index is 1.88. The molecule has 2 fully saturated rings. The van der Waals surface area contributed by atoms with E-state index in [-0.39, 0.29) is 0 Å². The van der Waals surface area contributed by atoms with Crippen LogP contribution in [0.15, 0.2) is 0 Å². The predicted octanol–water partition coefficient (Wildman–Crippen LogP) is 3.67. The summed E-state index contributed by atoms with van der Waals surface area (Å²) in [6.45, 7) is 10.7. The molecule has 2 saturated carbocycles. The highest BCUT2D eigenvalue weighted by Gasteiger charge is 2.38. The molecule has 2 rings (SSSR count). The molecule has 2 aliphatic rings. The van der Waals surface area contributed by atoms with Gasteiger partial charge in [-0.15, -0.1) is 0 Å². The topological polar surface area (TPSA) is 15.3 Å². The molecule has 0 aromatic carbocycles. The first-order chi connectivity index (χ1) is 9.22. The minimum absolute atomic E-state index is 0.844. The molecular weight excluding hydrogens is 232 g/mol. The second-order valence-electron chi connectivity index (χ2n) is 7.07. The molecule has 0 bridgehead atoms. The number of nitrogens with one attached hydrogen (secondary N) is 1. The molecule has 2 atom stereocenters. The Bertz CT molecular complexity index is 246. The van der Waals surface area contributed by atoms with Crippen molar-refractivity contribution in [3.63, 3.8) is 0 Å². The van der Waals surface area contributed by atoms with Crippen molar-refractivity contribution in [1.82, 2.24) is 10.2 Å². The molecule has 2 unspecified atom stereocenters. The van der Waals surface area contributed by atoms with Gasteiger partial charge in [-0.25, -0.2) is 0 Å². The molecule has 0 radical (unpaired) electrons. The van der Waals surface area contributed by atoms with Gasteiger partial charge in [-0.1, -0.05) is 33.6 Å². The molecule has 0 spiro atoms. The van der Waals surface area contributed by atoms with Gasteiger partial charge in [0, 0.05) is 12.1 Å². The summed E-state index contributed by atoms with van der Waals surface area (Å²) >= 11 is 0. The third-order valence-corrected chi connectivity index (χ3v) is 5.22. The summed E-state index contributed by atoms with van der Waals surface area (Å²) in [5.74, 6) is 1.77. The molecule has 0 amide bonds. The van der Waals surface area contributed by atoms with Crippen LogP contribution < -0.4 is 5.32 Å². The van der Waals surface area contributed by atoms with Crippen molar-refractivity contribution in [3.05, 3.63) is 0 Å². The lowest BCUT2D eigenvalue weighted by atomic mass is 9.77.